The van der Waals surface area contributed by atoms with Crippen LogP contribution in [-0.2, 0) is 15.8 Å². The van der Waals surface area contributed by atoms with E-state index in [0.29, 0.717) is 46.5 Å². The van der Waals surface area contributed by atoms with Crippen molar-refractivity contribution >= 4 is 45.0 Å². The molecule has 6 rings (SSSR count). The number of thiazole rings is 1. The maximum Gasteiger partial charge on any atom is 0.251 e. The predicted molar refractivity (Wildman–Crippen MR) is 157 cm³/mol. The van der Waals surface area contributed by atoms with Crippen molar-refractivity contribution in [2.24, 2.45) is 11.7 Å². The first kappa shape index (κ1) is 28.3. The third-order valence-corrected chi connectivity index (χ3v) is 9.28. The number of rotatable bonds is 8. The van der Waals surface area contributed by atoms with Crippen molar-refractivity contribution in [2.75, 3.05) is 20.3 Å². The van der Waals surface area contributed by atoms with Crippen LogP contribution in [0.4, 0.5) is 4.39 Å². The first-order chi connectivity index (χ1) is 19.9. The van der Waals surface area contributed by atoms with Crippen LogP contribution in [0.1, 0.15) is 46.4 Å². The Morgan fingerprint density at radius 3 is 2.71 bits per heavy atom. The lowest BCUT2D eigenvalue weighted by molar-refractivity contribution is -0.123. The van der Waals surface area contributed by atoms with E-state index in [-0.39, 0.29) is 35.5 Å². The first-order valence-electron chi connectivity index (χ1n) is 13.3. The zero-order chi connectivity index (χ0) is 30.0. The number of amides is 2. The van der Waals surface area contributed by atoms with Crippen molar-refractivity contribution in [1.29, 1.82) is 0 Å². The Morgan fingerprint density at radius 2 is 2.05 bits per heavy atom. The molecule has 42 heavy (non-hydrogen) atoms. The van der Waals surface area contributed by atoms with E-state index in [2.05, 4.69) is 10.3 Å². The molecule has 4 N–H and O–H groups in total. The second-order valence-corrected chi connectivity index (χ2v) is 12.6. The Bertz CT molecular complexity index is 1780. The van der Waals surface area contributed by atoms with E-state index >= 15 is 0 Å². The quantitative estimate of drug-likeness (QED) is 0.265. The molecule has 2 aromatic carbocycles. The van der Waals surface area contributed by atoms with E-state index in [1.807, 2.05) is 6.92 Å². The lowest BCUT2D eigenvalue weighted by Gasteiger charge is -2.30. The number of ether oxygens (including phenoxy) is 2. The summed E-state index contributed by atoms with van der Waals surface area (Å²) in [5, 5.41) is 15.8. The molecule has 2 aliphatic rings. The van der Waals surface area contributed by atoms with Crippen molar-refractivity contribution in [2.45, 2.75) is 37.7 Å². The molecule has 0 saturated heterocycles. The van der Waals surface area contributed by atoms with Gasteiger partial charge >= 0.3 is 0 Å². The van der Waals surface area contributed by atoms with Gasteiger partial charge in [0.2, 0.25) is 5.91 Å². The summed E-state index contributed by atoms with van der Waals surface area (Å²) in [5.41, 5.74) is 5.48. The fraction of sp³-hybridized carbons (Fsp3) is 0.333. The Labute approximate surface area is 249 Å². The summed E-state index contributed by atoms with van der Waals surface area (Å²) in [5.74, 6) is -1.02. The monoisotopic (exact) mass is 610 g/mol. The molecule has 2 amide bonds. The van der Waals surface area contributed by atoms with Gasteiger partial charge in [0.15, 0.2) is 0 Å². The third-order valence-electron chi connectivity index (χ3n) is 8.07. The van der Waals surface area contributed by atoms with E-state index in [4.69, 9.17) is 31.8 Å². The molecule has 9 nitrogen and oxygen atoms in total. The van der Waals surface area contributed by atoms with Gasteiger partial charge in [0.1, 0.15) is 46.1 Å². The Hall–Kier alpha value is -3.80. The molecule has 0 unspecified atom stereocenters. The van der Waals surface area contributed by atoms with Crippen LogP contribution in [0.2, 0.25) is 5.02 Å². The molecule has 3 heterocycles. The van der Waals surface area contributed by atoms with Crippen LogP contribution in [0.5, 0.6) is 11.5 Å². The minimum Gasteiger partial charge on any atom is -0.494 e. The lowest BCUT2D eigenvalue weighted by atomic mass is 9.81. The molecule has 218 valence electrons. The molecular weight excluding hydrogens is 583 g/mol. The molecule has 0 radical (unpaired) electrons. The summed E-state index contributed by atoms with van der Waals surface area (Å²) in [6.45, 7) is 3.37. The zero-order valence-corrected chi connectivity index (χ0v) is 24.7. The number of carbonyl (C=O) groups is 2. The largest absolute Gasteiger partial charge is 0.494 e. The van der Waals surface area contributed by atoms with Crippen LogP contribution < -0.4 is 20.5 Å². The highest BCUT2D eigenvalue weighted by atomic mass is 35.5. The van der Waals surface area contributed by atoms with Gasteiger partial charge in [0.25, 0.3) is 5.91 Å². The van der Waals surface area contributed by atoms with Crippen LogP contribution in [0.3, 0.4) is 0 Å². The number of benzene rings is 2. The normalized spacial score (nSPS) is 19.2. The third kappa shape index (κ3) is 4.65. The average molecular weight is 611 g/mol. The Kier molecular flexibility index (Phi) is 6.87. The predicted octanol–water partition coefficient (Wildman–Crippen LogP) is 4.63. The van der Waals surface area contributed by atoms with E-state index in [0.717, 1.165) is 9.71 Å². The van der Waals surface area contributed by atoms with Crippen molar-refractivity contribution < 1.29 is 28.6 Å². The molecule has 1 aliphatic carbocycles. The van der Waals surface area contributed by atoms with E-state index in [9.17, 15) is 19.1 Å². The number of carbonyl (C=O) groups excluding carboxylic acids is 2. The molecule has 4 aromatic rings. The highest BCUT2D eigenvalue weighted by Crippen LogP contribution is 2.50. The topological polar surface area (TPSA) is 137 Å². The number of pyridine rings is 1. The summed E-state index contributed by atoms with van der Waals surface area (Å²) in [6, 6.07) is 9.11. The summed E-state index contributed by atoms with van der Waals surface area (Å²) in [4.78, 5) is 35.2. The second-order valence-electron chi connectivity index (χ2n) is 11.0. The standard InChI is InChI=1S/C30H28ClFN4O5S/c1-14-35-25-21(40-3)9-16(10-22(25)42-14)27(37)34-12-30(39,17-5-6-17)23-11-18-26(41-13-29(18,2)28(33)38)24(36-23)15-4-7-20(32)19(31)8-15/h4,7-11,17,39H,5-6,12-13H2,1-3H3,(H2,33,38)(H,34,37)/t29-,30+/m0/s1. The van der Waals surface area contributed by atoms with Crippen molar-refractivity contribution in [3.8, 4) is 22.8 Å². The summed E-state index contributed by atoms with van der Waals surface area (Å²) in [6.07, 6.45) is 1.43. The van der Waals surface area contributed by atoms with Crippen molar-refractivity contribution in [3.05, 3.63) is 69.1 Å². The summed E-state index contributed by atoms with van der Waals surface area (Å²) in [7, 11) is 1.52. The molecule has 0 spiro atoms. The fourth-order valence-corrected chi connectivity index (χ4v) is 6.43. The van der Waals surface area contributed by atoms with Gasteiger partial charge in [-0.25, -0.2) is 14.4 Å². The van der Waals surface area contributed by atoms with E-state index < -0.39 is 28.6 Å². The molecule has 2 atom stereocenters. The van der Waals surface area contributed by atoms with Crippen LogP contribution in [0, 0.1) is 18.7 Å². The number of hydrogen-bond donors (Lipinski definition) is 3. The van der Waals surface area contributed by atoms with Crippen LogP contribution in [-0.4, -0.2) is 47.2 Å². The van der Waals surface area contributed by atoms with Crippen LogP contribution in [0.15, 0.2) is 36.4 Å². The number of hydrogen-bond acceptors (Lipinski definition) is 8. The maximum atomic E-state index is 14.0. The number of nitrogens with two attached hydrogens (primary N) is 1. The number of aromatic nitrogens is 2. The van der Waals surface area contributed by atoms with Gasteiger partial charge in [-0.3, -0.25) is 9.59 Å². The first-order valence-corrected chi connectivity index (χ1v) is 14.5. The van der Waals surface area contributed by atoms with Gasteiger partial charge in [0, 0.05) is 16.7 Å². The molecular formula is C30H28ClFN4O5S. The fourth-order valence-electron chi connectivity index (χ4n) is 5.37. The zero-order valence-electron chi connectivity index (χ0n) is 23.1. The summed E-state index contributed by atoms with van der Waals surface area (Å²) >= 11 is 7.54. The molecule has 0 bridgehead atoms. The number of aryl methyl sites for hydroxylation is 1. The highest BCUT2D eigenvalue weighted by molar-refractivity contribution is 7.18. The van der Waals surface area contributed by atoms with E-state index in [1.54, 1.807) is 25.1 Å². The number of halogens is 2. The summed E-state index contributed by atoms with van der Waals surface area (Å²) < 4.78 is 26.2. The second kappa shape index (κ2) is 10.2. The molecule has 2 aromatic heterocycles. The Balaban J connectivity index is 1.40. The lowest BCUT2D eigenvalue weighted by Crippen LogP contribution is -2.44. The average Bonchev–Trinajstić information content (AvgIpc) is 3.68. The molecule has 1 saturated carbocycles. The van der Waals surface area contributed by atoms with Crippen LogP contribution in [0.25, 0.3) is 21.5 Å². The van der Waals surface area contributed by atoms with Gasteiger partial charge in [-0.15, -0.1) is 11.3 Å². The van der Waals surface area contributed by atoms with Gasteiger partial charge < -0.3 is 25.6 Å². The number of fused-ring (bicyclic) bond motifs is 2. The number of nitrogens with one attached hydrogen (secondary N) is 1. The smallest absolute Gasteiger partial charge is 0.251 e. The van der Waals surface area contributed by atoms with Gasteiger partial charge in [-0.1, -0.05) is 11.6 Å². The number of methoxy groups -OCH3 is 1. The SMILES string of the molecule is COc1cc(C(=O)NC[C@](O)(c2cc3c(c(-c4ccc(F)c(Cl)c4)n2)OC[C@]3(C)C(N)=O)C2CC2)cc2sc(C)nc12. The molecule has 1 fully saturated rings. The highest BCUT2D eigenvalue weighted by Gasteiger charge is 2.50. The number of aliphatic hydroxyl groups is 1. The molecule has 1 aliphatic heterocycles. The molecule has 12 heteroatoms. The van der Waals surface area contributed by atoms with Crippen molar-refractivity contribution in [1.82, 2.24) is 15.3 Å². The van der Waals surface area contributed by atoms with E-state index in [1.165, 1.54) is 36.6 Å². The number of nitrogens with zero attached hydrogens (tertiary/aromatic N) is 2. The minimum absolute atomic E-state index is 0.0231. The number of primary amides is 1. The van der Waals surface area contributed by atoms with Gasteiger partial charge in [0.05, 0.1) is 34.1 Å². The Morgan fingerprint density at radius 1 is 1.29 bits per heavy atom. The maximum absolute atomic E-state index is 14.0. The van der Waals surface area contributed by atoms with Crippen molar-refractivity contribution in [3.63, 3.8) is 0 Å². The van der Waals surface area contributed by atoms with Gasteiger partial charge in [-0.05, 0) is 69.0 Å². The minimum atomic E-state index is -1.58. The van der Waals surface area contributed by atoms with Gasteiger partial charge in [-0.2, -0.15) is 0 Å². The van der Waals surface area contributed by atoms with Crippen LogP contribution >= 0.6 is 22.9 Å².